The summed E-state index contributed by atoms with van der Waals surface area (Å²) in [5.74, 6) is 0. The van der Waals surface area contributed by atoms with Crippen molar-refractivity contribution in [2.24, 2.45) is 0 Å². The summed E-state index contributed by atoms with van der Waals surface area (Å²) >= 11 is 1.49. The minimum atomic E-state index is -0.539. The predicted octanol–water partition coefficient (Wildman–Crippen LogP) is 4.23. The molecule has 4 nitrogen and oxygen atoms in total. The number of hydrogen-bond acceptors (Lipinski definition) is 4. The van der Waals surface area contributed by atoms with Crippen molar-refractivity contribution in [3.05, 3.63) is 63.2 Å². The van der Waals surface area contributed by atoms with Crippen molar-refractivity contribution in [3.63, 3.8) is 0 Å². The predicted molar refractivity (Wildman–Crippen MR) is 77.9 cm³/mol. The van der Waals surface area contributed by atoms with Crippen molar-refractivity contribution >= 4 is 17.4 Å². The van der Waals surface area contributed by atoms with Crippen LogP contribution in [-0.4, -0.2) is 4.92 Å². The number of nitro groups is 1. The molecule has 0 fully saturated rings. The molecule has 0 saturated carbocycles. The molecule has 0 unspecified atom stereocenters. The van der Waals surface area contributed by atoms with Gasteiger partial charge in [-0.05, 0) is 49.2 Å². The van der Waals surface area contributed by atoms with Crippen LogP contribution in [-0.2, 0) is 0 Å². The van der Waals surface area contributed by atoms with Gasteiger partial charge in [-0.25, -0.2) is 0 Å². The first-order valence-corrected chi connectivity index (χ1v) is 6.76. The molecule has 0 aliphatic rings. The standard InChI is InChI=1S/C15H12N2O2S/c1-10-3-4-13(7-11(10)2)20-14-5-6-15(17(18)19)12(8-14)9-16/h3-8H,1-2H3. The zero-order valence-corrected chi connectivity index (χ0v) is 11.9. The summed E-state index contributed by atoms with van der Waals surface area (Å²) in [5, 5.41) is 19.8. The molecule has 0 amide bonds. The van der Waals surface area contributed by atoms with E-state index in [-0.39, 0.29) is 11.3 Å². The Bertz CT molecular complexity index is 720. The molecule has 0 saturated heterocycles. The second-order valence-corrected chi connectivity index (χ2v) is 5.54. The van der Waals surface area contributed by atoms with Gasteiger partial charge in [0.2, 0.25) is 0 Å². The molecule has 5 heteroatoms. The van der Waals surface area contributed by atoms with Crippen molar-refractivity contribution in [3.8, 4) is 6.07 Å². The monoisotopic (exact) mass is 284 g/mol. The van der Waals surface area contributed by atoms with Crippen LogP contribution in [0.15, 0.2) is 46.2 Å². The van der Waals surface area contributed by atoms with Crippen molar-refractivity contribution in [2.75, 3.05) is 0 Å². The van der Waals surface area contributed by atoms with Crippen LogP contribution in [0.1, 0.15) is 16.7 Å². The maximum Gasteiger partial charge on any atom is 0.287 e. The Hall–Kier alpha value is -2.32. The summed E-state index contributed by atoms with van der Waals surface area (Å²) in [6.07, 6.45) is 0. The molecule has 2 rings (SSSR count). The summed E-state index contributed by atoms with van der Waals surface area (Å²) in [4.78, 5) is 12.1. The molecule has 0 radical (unpaired) electrons. The van der Waals surface area contributed by atoms with E-state index in [2.05, 4.69) is 6.07 Å². The van der Waals surface area contributed by atoms with Gasteiger partial charge in [-0.2, -0.15) is 5.26 Å². The topological polar surface area (TPSA) is 66.9 Å². The average Bonchev–Trinajstić information content (AvgIpc) is 2.42. The zero-order valence-electron chi connectivity index (χ0n) is 11.1. The molecule has 20 heavy (non-hydrogen) atoms. The third-order valence-corrected chi connectivity index (χ3v) is 3.98. The highest BCUT2D eigenvalue weighted by atomic mass is 32.2. The lowest BCUT2D eigenvalue weighted by molar-refractivity contribution is -0.385. The van der Waals surface area contributed by atoms with Crippen molar-refractivity contribution in [1.82, 2.24) is 0 Å². The van der Waals surface area contributed by atoms with Crippen LogP contribution in [0, 0.1) is 35.3 Å². The molecule has 0 aliphatic carbocycles. The fourth-order valence-electron chi connectivity index (χ4n) is 1.74. The van der Waals surface area contributed by atoms with E-state index in [0.717, 1.165) is 9.79 Å². The molecule has 2 aromatic carbocycles. The van der Waals surface area contributed by atoms with Gasteiger partial charge in [-0.1, -0.05) is 17.8 Å². The van der Waals surface area contributed by atoms with E-state index in [1.807, 2.05) is 32.0 Å². The van der Waals surface area contributed by atoms with E-state index >= 15 is 0 Å². The van der Waals surface area contributed by atoms with Gasteiger partial charge < -0.3 is 0 Å². The Kier molecular flexibility index (Phi) is 4.06. The largest absolute Gasteiger partial charge is 0.287 e. The molecule has 0 bridgehead atoms. The van der Waals surface area contributed by atoms with Crippen LogP contribution in [0.2, 0.25) is 0 Å². The summed E-state index contributed by atoms with van der Waals surface area (Å²) in [5.41, 5.74) is 2.34. The van der Waals surface area contributed by atoms with E-state index in [0.29, 0.717) is 0 Å². The highest BCUT2D eigenvalue weighted by Crippen LogP contribution is 2.31. The Morgan fingerprint density at radius 2 is 1.75 bits per heavy atom. The molecule has 0 aromatic heterocycles. The molecule has 2 aromatic rings. The Balaban J connectivity index is 2.32. The van der Waals surface area contributed by atoms with Gasteiger partial charge in [0.1, 0.15) is 11.6 Å². The minimum Gasteiger partial charge on any atom is -0.258 e. The van der Waals surface area contributed by atoms with E-state index in [1.165, 1.54) is 29.0 Å². The van der Waals surface area contributed by atoms with Crippen molar-refractivity contribution < 1.29 is 4.92 Å². The average molecular weight is 284 g/mol. The summed E-state index contributed by atoms with van der Waals surface area (Å²) in [7, 11) is 0. The SMILES string of the molecule is Cc1ccc(Sc2ccc([N+](=O)[O-])c(C#N)c2)cc1C. The van der Waals surface area contributed by atoms with E-state index in [4.69, 9.17) is 5.26 Å². The van der Waals surface area contributed by atoms with Crippen molar-refractivity contribution in [2.45, 2.75) is 23.6 Å². The minimum absolute atomic E-state index is 0.0869. The van der Waals surface area contributed by atoms with Gasteiger partial charge in [-0.15, -0.1) is 0 Å². The van der Waals surface area contributed by atoms with Gasteiger partial charge in [0.15, 0.2) is 0 Å². The van der Waals surface area contributed by atoms with Crippen LogP contribution >= 0.6 is 11.8 Å². The fraction of sp³-hybridized carbons (Fsp3) is 0.133. The van der Waals surface area contributed by atoms with Gasteiger partial charge in [0, 0.05) is 15.9 Å². The van der Waals surface area contributed by atoms with Crippen LogP contribution in [0.25, 0.3) is 0 Å². The van der Waals surface area contributed by atoms with Gasteiger partial charge >= 0.3 is 0 Å². The van der Waals surface area contributed by atoms with E-state index in [1.54, 1.807) is 12.1 Å². The highest BCUT2D eigenvalue weighted by Gasteiger charge is 2.14. The lowest BCUT2D eigenvalue weighted by atomic mass is 10.1. The Morgan fingerprint density at radius 3 is 2.35 bits per heavy atom. The van der Waals surface area contributed by atoms with Gasteiger partial charge in [0.25, 0.3) is 5.69 Å². The molecule has 100 valence electrons. The van der Waals surface area contributed by atoms with E-state index < -0.39 is 4.92 Å². The second kappa shape index (κ2) is 5.76. The lowest BCUT2D eigenvalue weighted by Gasteiger charge is -2.05. The molecule has 0 aliphatic heterocycles. The number of benzene rings is 2. The normalized spacial score (nSPS) is 10.1. The quantitative estimate of drug-likeness (QED) is 0.624. The molecule has 0 atom stereocenters. The highest BCUT2D eigenvalue weighted by molar-refractivity contribution is 7.99. The number of nitriles is 1. The number of aryl methyl sites for hydroxylation is 2. The van der Waals surface area contributed by atoms with E-state index in [9.17, 15) is 10.1 Å². The van der Waals surface area contributed by atoms with Crippen molar-refractivity contribution in [1.29, 1.82) is 5.26 Å². The third-order valence-electron chi connectivity index (χ3n) is 3.00. The fourth-order valence-corrected chi connectivity index (χ4v) is 2.70. The lowest BCUT2D eigenvalue weighted by Crippen LogP contribution is -1.92. The molecule has 0 N–H and O–H groups in total. The molecular formula is C15H12N2O2S. The van der Waals surface area contributed by atoms with Gasteiger partial charge in [-0.3, -0.25) is 10.1 Å². The van der Waals surface area contributed by atoms with Crippen LogP contribution in [0.4, 0.5) is 5.69 Å². The zero-order chi connectivity index (χ0) is 14.7. The Labute approximate surface area is 121 Å². The second-order valence-electron chi connectivity index (χ2n) is 4.40. The summed E-state index contributed by atoms with van der Waals surface area (Å²) in [6.45, 7) is 4.08. The van der Waals surface area contributed by atoms with Crippen LogP contribution in [0.5, 0.6) is 0 Å². The maximum atomic E-state index is 10.8. The van der Waals surface area contributed by atoms with Crippen LogP contribution in [0.3, 0.4) is 0 Å². The number of nitrogens with zero attached hydrogens (tertiary/aromatic N) is 2. The first-order valence-electron chi connectivity index (χ1n) is 5.95. The van der Waals surface area contributed by atoms with Crippen LogP contribution < -0.4 is 0 Å². The number of nitro benzene ring substituents is 1. The summed E-state index contributed by atoms with van der Waals surface area (Å²) in [6, 6.07) is 12.6. The first kappa shape index (κ1) is 14.1. The number of hydrogen-bond donors (Lipinski definition) is 0. The third kappa shape index (κ3) is 2.98. The Morgan fingerprint density at radius 1 is 1.10 bits per heavy atom. The molecular weight excluding hydrogens is 272 g/mol. The number of rotatable bonds is 3. The molecule has 0 spiro atoms. The molecule has 0 heterocycles. The summed E-state index contributed by atoms with van der Waals surface area (Å²) < 4.78 is 0. The first-order chi connectivity index (χ1) is 9.51. The van der Waals surface area contributed by atoms with Gasteiger partial charge in [0.05, 0.1) is 4.92 Å². The smallest absolute Gasteiger partial charge is 0.258 e. The maximum absolute atomic E-state index is 10.8.